The van der Waals surface area contributed by atoms with Gasteiger partial charge >= 0.3 is 0 Å². The standard InChI is InChI=1S/C17H15Br3O/c18-10-14(11-1-3-15(19)4-2-11)7-13-9-16(20)8-12-5-6-21-17(12)13/h1-4,8-9,14H,5-7,10H2. The van der Waals surface area contributed by atoms with Gasteiger partial charge in [-0.3, -0.25) is 0 Å². The molecule has 0 amide bonds. The van der Waals surface area contributed by atoms with Gasteiger partial charge in [-0.25, -0.2) is 0 Å². The number of rotatable bonds is 4. The molecule has 1 aliphatic heterocycles. The largest absolute Gasteiger partial charge is 0.493 e. The maximum absolute atomic E-state index is 5.84. The molecule has 21 heavy (non-hydrogen) atoms. The van der Waals surface area contributed by atoms with E-state index in [1.165, 1.54) is 16.7 Å². The summed E-state index contributed by atoms with van der Waals surface area (Å²) in [6, 6.07) is 13.0. The minimum atomic E-state index is 0.445. The molecule has 2 aromatic rings. The third-order valence-corrected chi connectivity index (χ3v) is 5.59. The van der Waals surface area contributed by atoms with E-state index in [2.05, 4.69) is 84.2 Å². The van der Waals surface area contributed by atoms with E-state index in [0.717, 1.165) is 39.5 Å². The second kappa shape index (κ2) is 6.84. The Balaban J connectivity index is 1.89. The van der Waals surface area contributed by atoms with E-state index in [9.17, 15) is 0 Å². The lowest BCUT2D eigenvalue weighted by Gasteiger charge is -2.17. The second-order valence-corrected chi connectivity index (χ2v) is 7.74. The molecule has 1 heterocycles. The Morgan fingerprint density at radius 2 is 1.81 bits per heavy atom. The van der Waals surface area contributed by atoms with Gasteiger partial charge < -0.3 is 4.74 Å². The minimum absolute atomic E-state index is 0.445. The van der Waals surface area contributed by atoms with Gasteiger partial charge in [-0.15, -0.1) is 0 Å². The highest BCUT2D eigenvalue weighted by Crippen LogP contribution is 2.36. The van der Waals surface area contributed by atoms with Crippen molar-refractivity contribution in [1.82, 2.24) is 0 Å². The number of benzene rings is 2. The average Bonchev–Trinajstić information content (AvgIpc) is 2.94. The summed E-state index contributed by atoms with van der Waals surface area (Å²) in [4.78, 5) is 0. The fraction of sp³-hybridized carbons (Fsp3) is 0.294. The van der Waals surface area contributed by atoms with Gasteiger partial charge in [0, 0.05) is 20.7 Å². The average molecular weight is 475 g/mol. The van der Waals surface area contributed by atoms with E-state index >= 15 is 0 Å². The van der Waals surface area contributed by atoms with Gasteiger partial charge in [0.15, 0.2) is 0 Å². The molecule has 4 heteroatoms. The Morgan fingerprint density at radius 3 is 2.52 bits per heavy atom. The van der Waals surface area contributed by atoms with Crippen molar-refractivity contribution < 1.29 is 4.74 Å². The quantitative estimate of drug-likeness (QED) is 0.504. The Morgan fingerprint density at radius 1 is 1.05 bits per heavy atom. The van der Waals surface area contributed by atoms with E-state index in [4.69, 9.17) is 4.74 Å². The van der Waals surface area contributed by atoms with Crippen molar-refractivity contribution in [2.24, 2.45) is 0 Å². The van der Waals surface area contributed by atoms with Crippen LogP contribution in [0.2, 0.25) is 0 Å². The molecule has 0 aromatic heterocycles. The molecule has 1 aliphatic rings. The van der Waals surface area contributed by atoms with Crippen LogP contribution in [0.15, 0.2) is 45.3 Å². The lowest BCUT2D eigenvalue weighted by Crippen LogP contribution is -2.06. The molecule has 0 aliphatic carbocycles. The summed E-state index contributed by atoms with van der Waals surface area (Å²) >= 11 is 10.8. The summed E-state index contributed by atoms with van der Waals surface area (Å²) in [6.07, 6.45) is 1.99. The van der Waals surface area contributed by atoms with Crippen LogP contribution in [0, 0.1) is 0 Å². The van der Waals surface area contributed by atoms with Crippen LogP contribution in [-0.2, 0) is 12.8 Å². The molecule has 0 N–H and O–H groups in total. The van der Waals surface area contributed by atoms with Crippen molar-refractivity contribution in [2.45, 2.75) is 18.8 Å². The first-order chi connectivity index (χ1) is 10.2. The molecule has 0 saturated heterocycles. The highest BCUT2D eigenvalue weighted by atomic mass is 79.9. The number of hydrogen-bond donors (Lipinski definition) is 0. The van der Waals surface area contributed by atoms with Crippen LogP contribution in [-0.4, -0.2) is 11.9 Å². The Bertz CT molecular complexity index is 637. The minimum Gasteiger partial charge on any atom is -0.493 e. The zero-order valence-corrected chi connectivity index (χ0v) is 16.2. The molecule has 0 bridgehead atoms. The van der Waals surface area contributed by atoms with Crippen LogP contribution < -0.4 is 4.74 Å². The lowest BCUT2D eigenvalue weighted by molar-refractivity contribution is 0.353. The summed E-state index contributed by atoms with van der Waals surface area (Å²) < 4.78 is 8.10. The Kier molecular flexibility index (Phi) is 5.07. The fourth-order valence-corrected chi connectivity index (χ4v) is 4.18. The number of fused-ring (bicyclic) bond motifs is 1. The van der Waals surface area contributed by atoms with Crippen molar-refractivity contribution in [3.63, 3.8) is 0 Å². The molecule has 110 valence electrons. The van der Waals surface area contributed by atoms with Crippen molar-refractivity contribution in [2.75, 3.05) is 11.9 Å². The first kappa shape index (κ1) is 15.6. The van der Waals surface area contributed by atoms with Crippen molar-refractivity contribution in [3.8, 4) is 5.75 Å². The molecule has 1 unspecified atom stereocenters. The summed E-state index contributed by atoms with van der Waals surface area (Å²) in [6.45, 7) is 0.802. The van der Waals surface area contributed by atoms with E-state index in [0.29, 0.717) is 5.92 Å². The van der Waals surface area contributed by atoms with E-state index < -0.39 is 0 Å². The topological polar surface area (TPSA) is 9.23 Å². The Labute approximate surface area is 150 Å². The summed E-state index contributed by atoms with van der Waals surface area (Å²) in [5.74, 6) is 1.54. The van der Waals surface area contributed by atoms with E-state index in [-0.39, 0.29) is 0 Å². The smallest absolute Gasteiger partial charge is 0.125 e. The maximum Gasteiger partial charge on any atom is 0.125 e. The maximum atomic E-state index is 5.84. The molecular formula is C17H15Br3O. The van der Waals surface area contributed by atoms with Gasteiger partial charge in [0.1, 0.15) is 5.75 Å². The first-order valence-electron chi connectivity index (χ1n) is 6.93. The molecule has 1 nitrogen and oxygen atoms in total. The van der Waals surface area contributed by atoms with Crippen molar-refractivity contribution >= 4 is 47.8 Å². The van der Waals surface area contributed by atoms with Gasteiger partial charge in [-0.2, -0.15) is 0 Å². The fourth-order valence-electron chi connectivity index (χ4n) is 2.76. The third kappa shape index (κ3) is 3.54. The van der Waals surface area contributed by atoms with Crippen LogP contribution in [0.1, 0.15) is 22.6 Å². The highest BCUT2D eigenvalue weighted by Gasteiger charge is 2.20. The third-order valence-electron chi connectivity index (χ3n) is 3.82. The second-order valence-electron chi connectivity index (χ2n) is 5.26. The first-order valence-corrected chi connectivity index (χ1v) is 9.63. The SMILES string of the molecule is BrCC(Cc1cc(Br)cc2c1OCC2)c1ccc(Br)cc1. The predicted octanol–water partition coefficient (Wildman–Crippen LogP) is 5.87. The van der Waals surface area contributed by atoms with Crippen molar-refractivity contribution in [1.29, 1.82) is 0 Å². The monoisotopic (exact) mass is 472 g/mol. The van der Waals surface area contributed by atoms with Crippen LogP contribution in [0.3, 0.4) is 0 Å². The van der Waals surface area contributed by atoms with Gasteiger partial charge in [0.05, 0.1) is 6.61 Å². The molecule has 2 aromatic carbocycles. The van der Waals surface area contributed by atoms with Crippen molar-refractivity contribution in [3.05, 3.63) is 62.0 Å². The molecular weight excluding hydrogens is 460 g/mol. The zero-order valence-electron chi connectivity index (χ0n) is 11.4. The van der Waals surface area contributed by atoms with E-state index in [1.807, 2.05) is 0 Å². The van der Waals surface area contributed by atoms with Crippen LogP contribution in [0.5, 0.6) is 5.75 Å². The number of hydrogen-bond acceptors (Lipinski definition) is 1. The summed E-state index contributed by atoms with van der Waals surface area (Å²) in [7, 11) is 0. The van der Waals surface area contributed by atoms with Crippen LogP contribution in [0.4, 0.5) is 0 Å². The highest BCUT2D eigenvalue weighted by molar-refractivity contribution is 9.10. The number of ether oxygens (including phenoxy) is 1. The lowest BCUT2D eigenvalue weighted by atomic mass is 9.92. The number of alkyl halides is 1. The molecule has 0 radical (unpaired) electrons. The molecule has 3 rings (SSSR count). The van der Waals surface area contributed by atoms with Gasteiger partial charge in [-0.1, -0.05) is 59.9 Å². The van der Waals surface area contributed by atoms with E-state index in [1.54, 1.807) is 0 Å². The normalized spacial score (nSPS) is 14.6. The van der Waals surface area contributed by atoms with Gasteiger partial charge in [0.2, 0.25) is 0 Å². The summed E-state index contributed by atoms with van der Waals surface area (Å²) in [5.41, 5.74) is 3.97. The predicted molar refractivity (Wildman–Crippen MR) is 97.7 cm³/mol. The van der Waals surface area contributed by atoms with Crippen LogP contribution in [0.25, 0.3) is 0 Å². The molecule has 0 fully saturated rings. The zero-order chi connectivity index (χ0) is 14.8. The molecule has 1 atom stereocenters. The Hall–Kier alpha value is -0.320. The van der Waals surface area contributed by atoms with Crippen LogP contribution >= 0.6 is 47.8 Å². The van der Waals surface area contributed by atoms with Gasteiger partial charge in [0.25, 0.3) is 0 Å². The number of halogens is 3. The van der Waals surface area contributed by atoms with Gasteiger partial charge in [-0.05, 0) is 53.3 Å². The molecule has 0 saturated carbocycles. The summed E-state index contributed by atoms with van der Waals surface area (Å²) in [5, 5.41) is 0.940. The molecule has 0 spiro atoms.